The third-order valence-electron chi connectivity index (χ3n) is 15.1. The standard InChI is InChI=1S/C39H61N9/c1-2-11-22(12-3-1)21-40-30-20-10-19-29-31(30)39-47-37-28-18-9-8-17-27(28)35(45-37)43-33-24-14-5-4-13-23(24)32(41-33)42-34-25-15-6-7-16-26(25)36(44-34)46-38(29)48-39/h1-3,11-12,21,23-39,41-48H,4-10,13-20H2. The highest BCUT2D eigenvalue weighted by Gasteiger charge is 2.55. The summed E-state index contributed by atoms with van der Waals surface area (Å²) >= 11 is 0. The lowest BCUT2D eigenvalue weighted by Crippen LogP contribution is -2.62. The number of nitrogens with zero attached hydrogens (tertiary/aromatic N) is 1. The summed E-state index contributed by atoms with van der Waals surface area (Å²) in [4.78, 5) is 5.38. The lowest BCUT2D eigenvalue weighted by Gasteiger charge is -2.38. The van der Waals surface area contributed by atoms with Crippen LogP contribution in [-0.4, -0.2) is 61.6 Å². The number of benzene rings is 1. The van der Waals surface area contributed by atoms with Crippen LogP contribution in [0.1, 0.15) is 102 Å². The van der Waals surface area contributed by atoms with Crippen LogP contribution in [-0.2, 0) is 0 Å². The molecule has 1 aromatic rings. The van der Waals surface area contributed by atoms with Gasteiger partial charge in [0.15, 0.2) is 0 Å². The zero-order valence-electron chi connectivity index (χ0n) is 28.8. The van der Waals surface area contributed by atoms with E-state index in [1.807, 2.05) is 0 Å². The van der Waals surface area contributed by atoms with Crippen LogP contribution in [0.15, 0.2) is 35.3 Å². The van der Waals surface area contributed by atoms with Crippen LogP contribution in [0.25, 0.3) is 0 Å². The van der Waals surface area contributed by atoms with E-state index in [-0.39, 0.29) is 6.17 Å². The van der Waals surface area contributed by atoms with Crippen LogP contribution in [0.2, 0.25) is 0 Å². The number of rotatable bonds is 2. The van der Waals surface area contributed by atoms with Gasteiger partial charge in [-0.05, 0) is 98.4 Å². The SMILES string of the molecule is C(=NC1CCCC2C3NC4NC(NC5NC(NC6NC(NC(N3)C12)C1CCCCC61)C1CCCCC51)C1CCCCC41)c1ccccc1. The molecular formula is C39H61N9. The second-order valence-electron chi connectivity index (χ2n) is 17.4. The van der Waals surface area contributed by atoms with Gasteiger partial charge < -0.3 is 0 Å². The number of aliphatic imine (C=N–C) groups is 1. The number of hydrogen-bond donors (Lipinski definition) is 8. The fraction of sp³-hybridized carbons (Fsp3) is 0.821. The first-order valence-corrected chi connectivity index (χ1v) is 20.4. The van der Waals surface area contributed by atoms with E-state index in [1.165, 1.54) is 102 Å². The zero-order chi connectivity index (χ0) is 31.6. The van der Waals surface area contributed by atoms with Crippen molar-refractivity contribution in [3.05, 3.63) is 35.9 Å². The van der Waals surface area contributed by atoms with Gasteiger partial charge >= 0.3 is 0 Å². The molecule has 17 unspecified atom stereocenters. The monoisotopic (exact) mass is 656 g/mol. The molecular weight excluding hydrogens is 594 g/mol. The van der Waals surface area contributed by atoms with Gasteiger partial charge in [-0.1, -0.05) is 75.3 Å². The van der Waals surface area contributed by atoms with E-state index in [2.05, 4.69) is 79.1 Å². The first-order chi connectivity index (χ1) is 23.8. The van der Waals surface area contributed by atoms with Crippen molar-refractivity contribution in [3.63, 3.8) is 0 Å². The van der Waals surface area contributed by atoms with Crippen molar-refractivity contribution >= 4 is 6.21 Å². The van der Waals surface area contributed by atoms with Crippen LogP contribution in [0.3, 0.4) is 0 Å². The van der Waals surface area contributed by atoms with Crippen LogP contribution >= 0.6 is 0 Å². The maximum absolute atomic E-state index is 5.38. The van der Waals surface area contributed by atoms with Gasteiger partial charge in [-0.3, -0.25) is 47.5 Å². The minimum Gasteiger partial charge on any atom is -0.289 e. The predicted molar refractivity (Wildman–Crippen MR) is 190 cm³/mol. The molecule has 5 saturated heterocycles. The number of nitrogens with one attached hydrogen (secondary N) is 8. The van der Waals surface area contributed by atoms with Crippen LogP contribution in [0.4, 0.5) is 0 Å². The topological polar surface area (TPSA) is 109 Å². The van der Waals surface area contributed by atoms with Gasteiger partial charge in [-0.15, -0.1) is 0 Å². The second kappa shape index (κ2) is 13.3. The fourth-order valence-corrected chi connectivity index (χ4v) is 12.9. The van der Waals surface area contributed by atoms with E-state index in [0.29, 0.717) is 96.5 Å². The van der Waals surface area contributed by atoms with E-state index in [1.54, 1.807) is 0 Å². The molecule has 1 aromatic carbocycles. The molecule has 5 heterocycles. The largest absolute Gasteiger partial charge is 0.289 e. The van der Waals surface area contributed by atoms with Crippen molar-refractivity contribution in [2.45, 2.75) is 152 Å². The summed E-state index contributed by atoms with van der Waals surface area (Å²) in [5.41, 5.74) is 1.21. The highest BCUT2D eigenvalue weighted by Crippen LogP contribution is 2.46. The minimum atomic E-state index is 0.242. The molecule has 9 aliphatic rings. The summed E-state index contributed by atoms with van der Waals surface area (Å²) in [6.07, 6.45) is 24.9. The molecule has 0 radical (unpaired) electrons. The van der Waals surface area contributed by atoms with Crippen LogP contribution in [0.5, 0.6) is 0 Å². The average Bonchev–Trinajstić information content (AvgIpc) is 3.87. The quantitative estimate of drug-likeness (QED) is 0.228. The summed E-state index contributed by atoms with van der Waals surface area (Å²) in [5.74, 6) is 5.22. The number of fused-ring (bicyclic) bond motifs is 20. The van der Waals surface area contributed by atoms with Gasteiger partial charge in [0.25, 0.3) is 0 Å². The van der Waals surface area contributed by atoms with Crippen molar-refractivity contribution in [3.8, 4) is 0 Å². The molecule has 48 heavy (non-hydrogen) atoms. The van der Waals surface area contributed by atoms with E-state index >= 15 is 0 Å². The molecule has 4 saturated carbocycles. The average molecular weight is 656 g/mol. The lowest BCUT2D eigenvalue weighted by atomic mass is 9.74. The summed E-state index contributed by atoms with van der Waals surface area (Å²) in [6.45, 7) is 0. The summed E-state index contributed by atoms with van der Waals surface area (Å²) in [5, 5.41) is 34.1. The lowest BCUT2D eigenvalue weighted by molar-refractivity contribution is 0.157. The molecule has 0 aromatic heterocycles. The molecule has 4 aliphatic carbocycles. The Morgan fingerprint density at radius 1 is 0.396 bits per heavy atom. The van der Waals surface area contributed by atoms with Crippen molar-refractivity contribution < 1.29 is 0 Å². The predicted octanol–water partition coefficient (Wildman–Crippen LogP) is 3.70. The first kappa shape index (κ1) is 31.3. The molecule has 9 heteroatoms. The van der Waals surface area contributed by atoms with E-state index in [0.717, 1.165) is 0 Å². The van der Waals surface area contributed by atoms with Crippen LogP contribution in [0, 0.1) is 47.3 Å². The molecule has 10 rings (SSSR count). The first-order valence-electron chi connectivity index (χ1n) is 20.4. The summed E-state index contributed by atoms with van der Waals surface area (Å²) in [7, 11) is 0. The number of hydrogen-bond acceptors (Lipinski definition) is 9. The summed E-state index contributed by atoms with van der Waals surface area (Å²) < 4.78 is 0. The minimum absolute atomic E-state index is 0.242. The van der Waals surface area contributed by atoms with Crippen LogP contribution < -0.4 is 42.5 Å². The Balaban J connectivity index is 0.991. The third-order valence-corrected chi connectivity index (χ3v) is 15.1. The maximum Gasteiger partial charge on any atom is 0.0649 e. The van der Waals surface area contributed by atoms with Gasteiger partial charge in [-0.25, -0.2) is 0 Å². The highest BCUT2D eigenvalue weighted by atomic mass is 15.4. The molecule has 8 bridgehead atoms. The van der Waals surface area contributed by atoms with Gasteiger partial charge in [0.05, 0.1) is 55.4 Å². The Kier molecular flexibility index (Phi) is 8.66. The van der Waals surface area contributed by atoms with Gasteiger partial charge in [0.2, 0.25) is 0 Å². The second-order valence-corrected chi connectivity index (χ2v) is 17.4. The van der Waals surface area contributed by atoms with Gasteiger partial charge in [0.1, 0.15) is 0 Å². The smallest absolute Gasteiger partial charge is 0.0649 e. The third kappa shape index (κ3) is 5.63. The molecule has 0 amide bonds. The maximum atomic E-state index is 5.38. The molecule has 262 valence electrons. The van der Waals surface area contributed by atoms with Crippen molar-refractivity contribution in [2.24, 2.45) is 52.3 Å². The Bertz CT molecular complexity index is 1290. The van der Waals surface area contributed by atoms with Crippen molar-refractivity contribution in [1.29, 1.82) is 0 Å². The molecule has 0 spiro atoms. The van der Waals surface area contributed by atoms with Crippen molar-refractivity contribution in [1.82, 2.24) is 42.5 Å². The van der Waals surface area contributed by atoms with Crippen molar-refractivity contribution in [2.75, 3.05) is 0 Å². The van der Waals surface area contributed by atoms with Gasteiger partial charge in [0, 0.05) is 12.1 Å². The van der Waals surface area contributed by atoms with E-state index in [4.69, 9.17) is 4.99 Å². The normalized spacial score (nSPS) is 51.6. The Hall–Kier alpha value is -1.43. The Labute approximate surface area is 288 Å². The fourth-order valence-electron chi connectivity index (χ4n) is 12.9. The molecule has 5 aliphatic heterocycles. The Morgan fingerprint density at radius 2 is 0.750 bits per heavy atom. The van der Waals surface area contributed by atoms with Gasteiger partial charge in [-0.2, -0.15) is 0 Å². The zero-order valence-corrected chi connectivity index (χ0v) is 28.8. The Morgan fingerprint density at radius 3 is 1.17 bits per heavy atom. The molecule has 9 nitrogen and oxygen atoms in total. The highest BCUT2D eigenvalue weighted by molar-refractivity contribution is 5.79. The van der Waals surface area contributed by atoms with E-state index < -0.39 is 0 Å². The van der Waals surface area contributed by atoms with E-state index in [9.17, 15) is 0 Å². The molecule has 9 fully saturated rings. The molecule has 8 N–H and O–H groups in total. The summed E-state index contributed by atoms with van der Waals surface area (Å²) in [6, 6.07) is 11.1. The molecule has 17 atom stereocenters.